The van der Waals surface area contributed by atoms with E-state index in [0.717, 1.165) is 0 Å². The number of rotatable bonds is 3. The van der Waals surface area contributed by atoms with E-state index >= 15 is 0 Å². The van der Waals surface area contributed by atoms with Gasteiger partial charge in [0.1, 0.15) is 0 Å². The molecule has 0 spiro atoms. The summed E-state index contributed by atoms with van der Waals surface area (Å²) in [6, 6.07) is 6.83. The molecule has 1 heterocycles. The molecule has 0 bridgehead atoms. The molecule has 110 valence electrons. The van der Waals surface area contributed by atoms with Crippen molar-refractivity contribution in [3.63, 3.8) is 0 Å². The van der Waals surface area contributed by atoms with Crippen molar-refractivity contribution in [2.24, 2.45) is 0 Å². The molecule has 0 aromatic heterocycles. The molecule has 1 fully saturated rings. The molecule has 2 rings (SSSR count). The number of anilines is 1. The van der Waals surface area contributed by atoms with E-state index in [0.29, 0.717) is 37.4 Å². The standard InChI is InChI=1S/C13H19N3O3S/c1-11(17)15-6-8-16(9-7-15)20(18,19)10-12-2-4-13(14)5-3-12/h2-5H,6-10,14H2,1H3. The van der Waals surface area contributed by atoms with Crippen LogP contribution in [0.1, 0.15) is 12.5 Å². The fourth-order valence-electron chi connectivity index (χ4n) is 2.20. The van der Waals surface area contributed by atoms with Crippen LogP contribution < -0.4 is 5.73 Å². The average Bonchev–Trinajstić information content (AvgIpc) is 2.41. The second-order valence-corrected chi connectivity index (χ2v) is 6.87. The van der Waals surface area contributed by atoms with Crippen molar-refractivity contribution in [2.45, 2.75) is 12.7 Å². The second-order valence-electron chi connectivity index (χ2n) is 4.90. The van der Waals surface area contributed by atoms with Crippen LogP contribution in [0.4, 0.5) is 5.69 Å². The number of benzene rings is 1. The van der Waals surface area contributed by atoms with Gasteiger partial charge in [-0.2, -0.15) is 4.31 Å². The van der Waals surface area contributed by atoms with Crippen molar-refractivity contribution >= 4 is 21.6 Å². The predicted molar refractivity (Wildman–Crippen MR) is 77.3 cm³/mol. The molecule has 0 unspecified atom stereocenters. The first kappa shape index (κ1) is 14.8. The molecular weight excluding hydrogens is 278 g/mol. The molecule has 7 heteroatoms. The van der Waals surface area contributed by atoms with Gasteiger partial charge in [0.05, 0.1) is 5.75 Å². The predicted octanol–water partition coefficient (Wildman–Crippen LogP) is 0.263. The molecule has 6 nitrogen and oxygen atoms in total. The number of sulfonamides is 1. The smallest absolute Gasteiger partial charge is 0.219 e. The van der Waals surface area contributed by atoms with E-state index < -0.39 is 10.0 Å². The number of hydrogen-bond donors (Lipinski definition) is 1. The highest BCUT2D eigenvalue weighted by Gasteiger charge is 2.27. The van der Waals surface area contributed by atoms with Crippen molar-refractivity contribution in [3.8, 4) is 0 Å². The van der Waals surface area contributed by atoms with E-state index in [9.17, 15) is 13.2 Å². The highest BCUT2D eigenvalue weighted by atomic mass is 32.2. The zero-order valence-electron chi connectivity index (χ0n) is 11.4. The highest BCUT2D eigenvalue weighted by molar-refractivity contribution is 7.88. The van der Waals surface area contributed by atoms with Crippen molar-refractivity contribution in [1.29, 1.82) is 0 Å². The molecule has 1 aromatic carbocycles. The third-order valence-electron chi connectivity index (χ3n) is 3.41. The summed E-state index contributed by atoms with van der Waals surface area (Å²) in [5, 5.41) is 0. The Balaban J connectivity index is 2.01. The first-order valence-electron chi connectivity index (χ1n) is 6.46. The van der Waals surface area contributed by atoms with Gasteiger partial charge in [-0.1, -0.05) is 12.1 Å². The Labute approximate surface area is 119 Å². The van der Waals surface area contributed by atoms with Crippen LogP contribution in [-0.4, -0.2) is 49.7 Å². The fraction of sp³-hybridized carbons (Fsp3) is 0.462. The first-order valence-corrected chi connectivity index (χ1v) is 8.07. The maximum atomic E-state index is 12.3. The summed E-state index contributed by atoms with van der Waals surface area (Å²) in [7, 11) is -3.34. The summed E-state index contributed by atoms with van der Waals surface area (Å²) >= 11 is 0. The summed E-state index contributed by atoms with van der Waals surface area (Å²) in [6.07, 6.45) is 0. The zero-order chi connectivity index (χ0) is 14.8. The van der Waals surface area contributed by atoms with Crippen molar-refractivity contribution in [2.75, 3.05) is 31.9 Å². The van der Waals surface area contributed by atoms with E-state index in [1.807, 2.05) is 0 Å². The van der Waals surface area contributed by atoms with Gasteiger partial charge in [-0.3, -0.25) is 4.79 Å². The number of amides is 1. The lowest BCUT2D eigenvalue weighted by molar-refractivity contribution is -0.129. The van der Waals surface area contributed by atoms with E-state index in [2.05, 4.69) is 0 Å². The zero-order valence-corrected chi connectivity index (χ0v) is 12.3. The molecule has 0 atom stereocenters. The molecule has 1 aromatic rings. The lowest BCUT2D eigenvalue weighted by atomic mass is 10.2. The maximum absolute atomic E-state index is 12.3. The minimum atomic E-state index is -3.34. The van der Waals surface area contributed by atoms with Crippen LogP contribution >= 0.6 is 0 Å². The number of hydrogen-bond acceptors (Lipinski definition) is 4. The Kier molecular flexibility index (Phi) is 4.29. The Morgan fingerprint density at radius 2 is 1.70 bits per heavy atom. The van der Waals surface area contributed by atoms with E-state index in [4.69, 9.17) is 5.73 Å². The normalized spacial score (nSPS) is 17.1. The fourth-order valence-corrected chi connectivity index (χ4v) is 3.71. The molecular formula is C13H19N3O3S. The summed E-state index contributed by atoms with van der Waals surface area (Å²) in [6.45, 7) is 3.12. The third kappa shape index (κ3) is 3.49. The SMILES string of the molecule is CC(=O)N1CCN(S(=O)(=O)Cc2ccc(N)cc2)CC1. The Morgan fingerprint density at radius 1 is 1.15 bits per heavy atom. The largest absolute Gasteiger partial charge is 0.399 e. The molecule has 0 radical (unpaired) electrons. The third-order valence-corrected chi connectivity index (χ3v) is 5.26. The number of carbonyl (C=O) groups is 1. The van der Waals surface area contributed by atoms with Crippen molar-refractivity contribution < 1.29 is 13.2 Å². The van der Waals surface area contributed by atoms with E-state index in [1.54, 1.807) is 29.2 Å². The molecule has 1 aliphatic heterocycles. The summed E-state index contributed by atoms with van der Waals surface area (Å²) in [4.78, 5) is 12.9. The molecule has 1 amide bonds. The quantitative estimate of drug-likeness (QED) is 0.811. The van der Waals surface area contributed by atoms with Crippen LogP contribution in [-0.2, 0) is 20.6 Å². The minimum absolute atomic E-state index is 0.0133. The Morgan fingerprint density at radius 3 is 2.20 bits per heavy atom. The van der Waals surface area contributed by atoms with Crippen LogP contribution in [0.15, 0.2) is 24.3 Å². The minimum Gasteiger partial charge on any atom is -0.399 e. The molecule has 0 saturated carbocycles. The number of carbonyl (C=O) groups excluding carboxylic acids is 1. The summed E-state index contributed by atoms with van der Waals surface area (Å²) < 4.78 is 26.1. The van der Waals surface area contributed by atoms with Crippen LogP contribution in [0.2, 0.25) is 0 Å². The van der Waals surface area contributed by atoms with Gasteiger partial charge >= 0.3 is 0 Å². The lowest BCUT2D eigenvalue weighted by Gasteiger charge is -2.33. The van der Waals surface area contributed by atoms with Crippen LogP contribution in [0.5, 0.6) is 0 Å². The van der Waals surface area contributed by atoms with E-state index in [1.165, 1.54) is 11.2 Å². The monoisotopic (exact) mass is 297 g/mol. The van der Waals surface area contributed by atoms with Gasteiger partial charge in [0.2, 0.25) is 15.9 Å². The van der Waals surface area contributed by atoms with Gasteiger partial charge in [-0.25, -0.2) is 8.42 Å². The van der Waals surface area contributed by atoms with Crippen LogP contribution in [0.3, 0.4) is 0 Å². The molecule has 20 heavy (non-hydrogen) atoms. The first-order chi connectivity index (χ1) is 9.38. The van der Waals surface area contributed by atoms with E-state index in [-0.39, 0.29) is 11.7 Å². The molecule has 1 aliphatic rings. The number of nitrogen functional groups attached to an aromatic ring is 1. The maximum Gasteiger partial charge on any atom is 0.219 e. The van der Waals surface area contributed by atoms with Gasteiger partial charge in [0, 0.05) is 38.8 Å². The Hall–Kier alpha value is -1.60. The number of piperazine rings is 1. The van der Waals surface area contributed by atoms with Gasteiger partial charge in [0.25, 0.3) is 0 Å². The van der Waals surface area contributed by atoms with Crippen LogP contribution in [0.25, 0.3) is 0 Å². The number of nitrogens with two attached hydrogens (primary N) is 1. The lowest BCUT2D eigenvalue weighted by Crippen LogP contribution is -2.50. The molecule has 0 aliphatic carbocycles. The molecule has 2 N–H and O–H groups in total. The summed E-state index contributed by atoms with van der Waals surface area (Å²) in [5.74, 6) is -0.0477. The van der Waals surface area contributed by atoms with Crippen molar-refractivity contribution in [3.05, 3.63) is 29.8 Å². The molecule has 1 saturated heterocycles. The summed E-state index contributed by atoms with van der Waals surface area (Å²) in [5.41, 5.74) is 6.91. The second kappa shape index (κ2) is 5.80. The number of nitrogens with zero attached hydrogens (tertiary/aromatic N) is 2. The average molecular weight is 297 g/mol. The topological polar surface area (TPSA) is 83.7 Å². The van der Waals surface area contributed by atoms with Gasteiger partial charge < -0.3 is 10.6 Å². The van der Waals surface area contributed by atoms with Crippen molar-refractivity contribution in [1.82, 2.24) is 9.21 Å². The van der Waals surface area contributed by atoms with Crippen LogP contribution in [0, 0.1) is 0 Å². The van der Waals surface area contributed by atoms with Gasteiger partial charge in [-0.15, -0.1) is 0 Å². The Bertz CT molecular complexity index is 575. The highest BCUT2D eigenvalue weighted by Crippen LogP contribution is 2.15. The van der Waals surface area contributed by atoms with Gasteiger partial charge in [0.15, 0.2) is 0 Å². The van der Waals surface area contributed by atoms with Gasteiger partial charge in [-0.05, 0) is 17.7 Å².